The van der Waals surface area contributed by atoms with Gasteiger partial charge in [-0.15, -0.1) is 0 Å². The van der Waals surface area contributed by atoms with E-state index in [1.54, 1.807) is 0 Å². The normalized spacial score (nSPS) is 18.8. The highest BCUT2D eigenvalue weighted by atomic mass is 15.2. The molecular formula is C13H16N4. The standard InChI is InChI=1S/C13H16N4/c14-16-9-1-2-11-10(7-9)12-8-3-5-17(6-4-8)13(12)15-11/h1-2,7-8,15-16H,3-6,14H2. The molecule has 4 N–H and O–H groups in total. The zero-order valence-corrected chi connectivity index (χ0v) is 9.66. The second-order valence-corrected chi connectivity index (χ2v) is 5.05. The van der Waals surface area contributed by atoms with E-state index in [0.29, 0.717) is 0 Å². The average Bonchev–Trinajstić information content (AvgIpc) is 2.80. The van der Waals surface area contributed by atoms with Crippen molar-refractivity contribution in [3.63, 3.8) is 0 Å². The summed E-state index contributed by atoms with van der Waals surface area (Å²) in [5.41, 5.74) is 6.45. The number of benzene rings is 1. The summed E-state index contributed by atoms with van der Waals surface area (Å²) in [6, 6.07) is 6.29. The van der Waals surface area contributed by atoms with Crippen molar-refractivity contribution in [3.05, 3.63) is 23.8 Å². The van der Waals surface area contributed by atoms with E-state index in [-0.39, 0.29) is 0 Å². The summed E-state index contributed by atoms with van der Waals surface area (Å²) in [6.07, 6.45) is 2.58. The third kappa shape index (κ3) is 1.16. The van der Waals surface area contributed by atoms with E-state index in [1.807, 2.05) is 6.07 Å². The van der Waals surface area contributed by atoms with Crippen molar-refractivity contribution in [1.29, 1.82) is 0 Å². The first kappa shape index (κ1) is 9.36. The number of H-pyrrole nitrogens is 1. The van der Waals surface area contributed by atoms with Crippen LogP contribution >= 0.6 is 0 Å². The van der Waals surface area contributed by atoms with E-state index >= 15 is 0 Å². The zero-order chi connectivity index (χ0) is 11.4. The van der Waals surface area contributed by atoms with Crippen molar-refractivity contribution in [2.45, 2.75) is 18.8 Å². The van der Waals surface area contributed by atoms with Gasteiger partial charge in [-0.3, -0.25) is 5.84 Å². The van der Waals surface area contributed by atoms with Crippen LogP contribution in [0.15, 0.2) is 18.2 Å². The minimum atomic E-state index is 0.733. The Morgan fingerprint density at radius 3 is 2.88 bits per heavy atom. The van der Waals surface area contributed by atoms with Gasteiger partial charge in [0, 0.05) is 35.2 Å². The number of piperidine rings is 1. The maximum Gasteiger partial charge on any atom is 0.110 e. The molecule has 3 aliphatic rings. The zero-order valence-electron chi connectivity index (χ0n) is 9.66. The molecule has 1 saturated heterocycles. The van der Waals surface area contributed by atoms with Gasteiger partial charge in [-0.05, 0) is 37.0 Å². The maximum absolute atomic E-state index is 5.49. The summed E-state index contributed by atoms with van der Waals surface area (Å²) in [7, 11) is 0. The van der Waals surface area contributed by atoms with Gasteiger partial charge in [-0.25, -0.2) is 0 Å². The summed E-state index contributed by atoms with van der Waals surface area (Å²) in [5, 5.41) is 1.34. The number of rotatable bonds is 1. The first-order valence-corrected chi connectivity index (χ1v) is 6.24. The Morgan fingerprint density at radius 1 is 1.29 bits per heavy atom. The van der Waals surface area contributed by atoms with E-state index in [9.17, 15) is 0 Å². The molecular weight excluding hydrogens is 212 g/mol. The van der Waals surface area contributed by atoms with Crippen molar-refractivity contribution >= 4 is 22.4 Å². The Kier molecular flexibility index (Phi) is 1.74. The molecule has 0 spiro atoms. The molecule has 17 heavy (non-hydrogen) atoms. The molecule has 1 aromatic heterocycles. The highest BCUT2D eigenvalue weighted by Crippen LogP contribution is 2.46. The van der Waals surface area contributed by atoms with E-state index in [1.165, 1.54) is 48.2 Å². The minimum Gasteiger partial charge on any atom is -0.358 e. The number of hydrazine groups is 1. The highest BCUT2D eigenvalue weighted by molar-refractivity contribution is 5.93. The van der Waals surface area contributed by atoms with Crippen molar-refractivity contribution < 1.29 is 0 Å². The van der Waals surface area contributed by atoms with Gasteiger partial charge < -0.3 is 15.3 Å². The van der Waals surface area contributed by atoms with Gasteiger partial charge in [0.2, 0.25) is 0 Å². The maximum atomic E-state index is 5.49. The number of nitrogens with zero attached hydrogens (tertiary/aromatic N) is 1. The van der Waals surface area contributed by atoms with Crippen LogP contribution in [0.2, 0.25) is 0 Å². The molecule has 3 aliphatic heterocycles. The molecule has 0 radical (unpaired) electrons. The number of hydrogen-bond donors (Lipinski definition) is 3. The first-order valence-electron chi connectivity index (χ1n) is 6.24. The molecule has 4 heteroatoms. The fourth-order valence-electron chi connectivity index (χ4n) is 3.34. The monoisotopic (exact) mass is 228 g/mol. The van der Waals surface area contributed by atoms with Gasteiger partial charge in [0.15, 0.2) is 0 Å². The lowest BCUT2D eigenvalue weighted by Crippen LogP contribution is -2.38. The molecule has 0 saturated carbocycles. The average molecular weight is 228 g/mol. The molecule has 5 rings (SSSR count). The Hall–Kier alpha value is -1.68. The lowest BCUT2D eigenvalue weighted by Gasteiger charge is -2.40. The van der Waals surface area contributed by atoms with Crippen LogP contribution in [-0.4, -0.2) is 18.1 Å². The largest absolute Gasteiger partial charge is 0.358 e. The molecule has 4 nitrogen and oxygen atoms in total. The summed E-state index contributed by atoms with van der Waals surface area (Å²) >= 11 is 0. The predicted molar refractivity (Wildman–Crippen MR) is 70.3 cm³/mol. The third-order valence-electron chi connectivity index (χ3n) is 4.20. The van der Waals surface area contributed by atoms with Crippen LogP contribution in [-0.2, 0) is 0 Å². The fraction of sp³-hybridized carbons (Fsp3) is 0.385. The van der Waals surface area contributed by atoms with E-state index in [0.717, 1.165) is 11.6 Å². The summed E-state index contributed by atoms with van der Waals surface area (Å²) in [4.78, 5) is 6.03. The Labute approximate surface area is 99.8 Å². The molecule has 0 aliphatic carbocycles. The number of aromatic amines is 1. The first-order chi connectivity index (χ1) is 8.36. The Balaban J connectivity index is 2.01. The molecule has 88 valence electrons. The minimum absolute atomic E-state index is 0.733. The topological polar surface area (TPSA) is 57.1 Å². The van der Waals surface area contributed by atoms with Gasteiger partial charge in [0.05, 0.1) is 0 Å². The van der Waals surface area contributed by atoms with Crippen molar-refractivity contribution in [2.24, 2.45) is 5.84 Å². The number of nitrogen functional groups attached to an aromatic ring is 1. The molecule has 0 atom stereocenters. The number of fused-ring (bicyclic) bond motifs is 3. The second kappa shape index (κ2) is 3.17. The van der Waals surface area contributed by atoms with Crippen LogP contribution in [0.5, 0.6) is 0 Å². The van der Waals surface area contributed by atoms with Gasteiger partial charge in [0.25, 0.3) is 0 Å². The molecule has 2 bridgehead atoms. The molecule has 2 aromatic rings. The third-order valence-corrected chi connectivity index (χ3v) is 4.20. The van der Waals surface area contributed by atoms with Crippen LogP contribution in [0.3, 0.4) is 0 Å². The quantitative estimate of drug-likeness (QED) is 0.518. The van der Waals surface area contributed by atoms with Crippen LogP contribution in [0, 0.1) is 0 Å². The van der Waals surface area contributed by atoms with Crippen LogP contribution in [0.25, 0.3) is 10.9 Å². The Morgan fingerprint density at radius 2 is 2.12 bits per heavy atom. The molecule has 0 amide bonds. The lowest BCUT2D eigenvalue weighted by molar-refractivity contribution is 0.475. The Bertz CT molecular complexity index is 578. The number of aromatic nitrogens is 1. The predicted octanol–water partition coefficient (Wildman–Crippen LogP) is 2.15. The molecule has 1 aromatic carbocycles. The fourth-order valence-corrected chi connectivity index (χ4v) is 3.34. The van der Waals surface area contributed by atoms with Gasteiger partial charge in [-0.2, -0.15) is 0 Å². The highest BCUT2D eigenvalue weighted by Gasteiger charge is 2.33. The van der Waals surface area contributed by atoms with Crippen LogP contribution < -0.4 is 16.2 Å². The van der Waals surface area contributed by atoms with Crippen molar-refractivity contribution in [3.8, 4) is 0 Å². The number of anilines is 2. The smallest absolute Gasteiger partial charge is 0.110 e. The van der Waals surface area contributed by atoms with E-state index in [4.69, 9.17) is 5.84 Å². The molecule has 4 heterocycles. The van der Waals surface area contributed by atoms with Crippen LogP contribution in [0.1, 0.15) is 24.3 Å². The summed E-state index contributed by atoms with van der Waals surface area (Å²) in [6.45, 7) is 2.40. The van der Waals surface area contributed by atoms with E-state index < -0.39 is 0 Å². The lowest BCUT2D eigenvalue weighted by atomic mass is 9.84. The van der Waals surface area contributed by atoms with Gasteiger partial charge >= 0.3 is 0 Å². The number of nitrogens with two attached hydrogens (primary N) is 1. The second-order valence-electron chi connectivity index (χ2n) is 5.05. The molecule has 0 unspecified atom stereocenters. The van der Waals surface area contributed by atoms with E-state index in [2.05, 4.69) is 27.4 Å². The van der Waals surface area contributed by atoms with Crippen molar-refractivity contribution in [1.82, 2.24) is 4.98 Å². The van der Waals surface area contributed by atoms with Gasteiger partial charge in [0.1, 0.15) is 5.82 Å². The SMILES string of the molecule is NNc1ccc2[nH]c3c(c2c1)C1CCN3CC1. The van der Waals surface area contributed by atoms with Crippen molar-refractivity contribution in [2.75, 3.05) is 23.4 Å². The number of hydrogen-bond acceptors (Lipinski definition) is 3. The summed E-state index contributed by atoms with van der Waals surface area (Å²) in [5.74, 6) is 7.57. The van der Waals surface area contributed by atoms with Crippen LogP contribution in [0.4, 0.5) is 11.5 Å². The number of nitrogens with one attached hydrogen (secondary N) is 2. The van der Waals surface area contributed by atoms with Gasteiger partial charge in [-0.1, -0.05) is 0 Å². The summed E-state index contributed by atoms with van der Waals surface area (Å²) < 4.78 is 0. The molecule has 1 fully saturated rings.